The predicted octanol–water partition coefficient (Wildman–Crippen LogP) is 2.54. The molecular weight excluding hydrogens is 255 g/mol. The van der Waals surface area contributed by atoms with Crippen molar-refractivity contribution in [1.82, 2.24) is 3.97 Å². The highest BCUT2D eigenvalue weighted by atomic mass is 32.1. The fraction of sp³-hybridized carbons (Fsp3) is 0.100. The molecule has 2 aromatic rings. The molecule has 0 saturated heterocycles. The quantitative estimate of drug-likeness (QED) is 0.486. The predicted molar refractivity (Wildman–Crippen MR) is 57.5 cm³/mol. The summed E-state index contributed by atoms with van der Waals surface area (Å²) in [5.41, 5.74) is -0.625. The number of methoxy groups -OCH3 is 1. The zero-order valence-electron chi connectivity index (χ0n) is 8.50. The number of thiol groups is 1. The number of benzene rings is 1. The third kappa shape index (κ3) is 1.66. The average molecular weight is 261 g/mol. The van der Waals surface area contributed by atoms with Gasteiger partial charge in [-0.05, 0) is 6.07 Å². The largest absolute Gasteiger partial charge is 0.464 e. The molecule has 0 unspecified atom stereocenters. The minimum atomic E-state index is -1.35. The Hall–Kier alpha value is -1.63. The van der Waals surface area contributed by atoms with Crippen LogP contribution in [0.4, 0.5) is 13.2 Å². The number of fused-ring (bicyclic) bond motifs is 1. The van der Waals surface area contributed by atoms with Gasteiger partial charge in [0.25, 0.3) is 0 Å². The molecule has 0 radical (unpaired) electrons. The fourth-order valence-corrected chi connectivity index (χ4v) is 1.84. The Morgan fingerprint density at radius 2 is 1.94 bits per heavy atom. The average Bonchev–Trinajstić information content (AvgIpc) is 2.64. The second kappa shape index (κ2) is 3.99. The minimum absolute atomic E-state index is 0.186. The summed E-state index contributed by atoms with van der Waals surface area (Å²) in [4.78, 5) is 11.3. The van der Waals surface area contributed by atoms with Gasteiger partial charge in [0.15, 0.2) is 11.6 Å². The van der Waals surface area contributed by atoms with E-state index in [0.29, 0.717) is 6.07 Å². The molecule has 0 bridgehead atoms. The van der Waals surface area contributed by atoms with E-state index < -0.39 is 28.9 Å². The fourth-order valence-electron chi connectivity index (χ4n) is 1.51. The lowest BCUT2D eigenvalue weighted by molar-refractivity contribution is 0.0594. The van der Waals surface area contributed by atoms with Crippen LogP contribution in [0.5, 0.6) is 0 Å². The van der Waals surface area contributed by atoms with Crippen molar-refractivity contribution in [2.75, 3.05) is 7.11 Å². The highest BCUT2D eigenvalue weighted by Gasteiger charge is 2.21. The first-order valence-corrected chi connectivity index (χ1v) is 4.84. The van der Waals surface area contributed by atoms with Gasteiger partial charge < -0.3 is 4.74 Å². The van der Waals surface area contributed by atoms with Gasteiger partial charge in [0, 0.05) is 11.5 Å². The molecule has 0 aliphatic heterocycles. The first-order valence-electron chi connectivity index (χ1n) is 4.44. The van der Waals surface area contributed by atoms with E-state index >= 15 is 0 Å². The van der Waals surface area contributed by atoms with E-state index in [1.54, 1.807) is 0 Å². The smallest absolute Gasteiger partial charge is 0.355 e. The molecular formula is C10H6F3NO2S. The third-order valence-corrected chi connectivity index (χ3v) is 2.71. The van der Waals surface area contributed by atoms with Gasteiger partial charge in [-0.1, -0.05) is 12.8 Å². The van der Waals surface area contributed by atoms with Crippen LogP contribution in [0.15, 0.2) is 12.1 Å². The van der Waals surface area contributed by atoms with Gasteiger partial charge in [-0.25, -0.2) is 18.0 Å². The summed E-state index contributed by atoms with van der Waals surface area (Å²) >= 11 is 3.82. The van der Waals surface area contributed by atoms with Crippen molar-refractivity contribution < 1.29 is 22.7 Å². The summed E-state index contributed by atoms with van der Waals surface area (Å²) in [5.74, 6) is -4.42. The van der Waals surface area contributed by atoms with Crippen LogP contribution in [0.2, 0.25) is 0 Å². The number of carbonyl (C=O) groups excluding carboxylic acids is 1. The highest BCUT2D eigenvalue weighted by molar-refractivity contribution is 7.78. The van der Waals surface area contributed by atoms with Gasteiger partial charge in [-0.15, -0.1) is 0 Å². The maximum atomic E-state index is 13.5. The highest BCUT2D eigenvalue weighted by Crippen LogP contribution is 2.28. The van der Waals surface area contributed by atoms with E-state index in [4.69, 9.17) is 0 Å². The lowest BCUT2D eigenvalue weighted by Crippen LogP contribution is -2.05. The minimum Gasteiger partial charge on any atom is -0.464 e. The molecule has 1 aromatic heterocycles. The molecule has 1 heterocycles. The van der Waals surface area contributed by atoms with E-state index in [9.17, 15) is 18.0 Å². The van der Waals surface area contributed by atoms with Crippen LogP contribution in [-0.2, 0) is 4.74 Å². The van der Waals surface area contributed by atoms with Crippen molar-refractivity contribution in [3.8, 4) is 0 Å². The monoisotopic (exact) mass is 261 g/mol. The molecule has 1 aromatic carbocycles. The lowest BCUT2D eigenvalue weighted by atomic mass is 10.2. The van der Waals surface area contributed by atoms with Crippen molar-refractivity contribution in [3.05, 3.63) is 35.3 Å². The van der Waals surface area contributed by atoms with Crippen LogP contribution in [0.1, 0.15) is 10.5 Å². The molecule has 0 saturated carbocycles. The SMILES string of the molecule is COC(=O)c1cc2c(F)cc(F)c(F)c2n1S. The second-order valence-electron chi connectivity index (χ2n) is 3.25. The number of carbonyl (C=O) groups is 1. The van der Waals surface area contributed by atoms with Crippen LogP contribution < -0.4 is 0 Å². The van der Waals surface area contributed by atoms with Gasteiger partial charge >= 0.3 is 5.97 Å². The second-order valence-corrected chi connectivity index (χ2v) is 3.65. The van der Waals surface area contributed by atoms with Crippen molar-refractivity contribution in [2.45, 2.75) is 0 Å². The van der Waals surface area contributed by atoms with Gasteiger partial charge in [0.1, 0.15) is 17.0 Å². The van der Waals surface area contributed by atoms with E-state index in [0.717, 1.165) is 17.1 Å². The number of nitrogens with zero attached hydrogens (tertiary/aromatic N) is 1. The number of hydrogen-bond acceptors (Lipinski definition) is 3. The van der Waals surface area contributed by atoms with Crippen LogP contribution in [-0.4, -0.2) is 17.1 Å². The van der Waals surface area contributed by atoms with Gasteiger partial charge in [0.2, 0.25) is 0 Å². The van der Waals surface area contributed by atoms with Crippen LogP contribution in [0.25, 0.3) is 10.9 Å². The number of rotatable bonds is 1. The molecule has 2 rings (SSSR count). The zero-order chi connectivity index (χ0) is 12.7. The van der Waals surface area contributed by atoms with Gasteiger partial charge in [-0.3, -0.25) is 3.97 Å². The summed E-state index contributed by atoms with van der Waals surface area (Å²) in [6, 6.07) is 1.46. The third-order valence-electron chi connectivity index (χ3n) is 2.30. The van der Waals surface area contributed by atoms with E-state index in [2.05, 4.69) is 17.6 Å². The van der Waals surface area contributed by atoms with Crippen LogP contribution in [0.3, 0.4) is 0 Å². The molecule has 0 amide bonds. The number of ether oxygens (including phenoxy) is 1. The van der Waals surface area contributed by atoms with E-state index in [1.165, 1.54) is 0 Å². The zero-order valence-corrected chi connectivity index (χ0v) is 9.39. The molecule has 0 N–H and O–H groups in total. The Morgan fingerprint density at radius 1 is 1.29 bits per heavy atom. The van der Waals surface area contributed by atoms with Crippen molar-refractivity contribution in [3.63, 3.8) is 0 Å². The van der Waals surface area contributed by atoms with Crippen molar-refractivity contribution in [2.24, 2.45) is 0 Å². The van der Waals surface area contributed by atoms with Crippen LogP contribution >= 0.6 is 12.8 Å². The summed E-state index contributed by atoms with van der Waals surface area (Å²) < 4.78 is 45.0. The molecule has 0 atom stereocenters. The Bertz CT molecular complexity index is 624. The molecule has 17 heavy (non-hydrogen) atoms. The van der Waals surface area contributed by atoms with Crippen molar-refractivity contribution in [1.29, 1.82) is 0 Å². The maximum absolute atomic E-state index is 13.5. The lowest BCUT2D eigenvalue weighted by Gasteiger charge is -2.02. The summed E-state index contributed by atoms with van der Waals surface area (Å²) in [6.07, 6.45) is 0. The van der Waals surface area contributed by atoms with Crippen LogP contribution in [0, 0.1) is 17.5 Å². The maximum Gasteiger partial charge on any atom is 0.355 e. The molecule has 0 aliphatic rings. The standard InChI is InChI=1S/C10H6F3NO2S/c1-16-10(15)7-2-4-5(11)3-6(12)8(13)9(4)14(7)17/h2-3,17H,1H3. The van der Waals surface area contributed by atoms with Gasteiger partial charge in [-0.2, -0.15) is 0 Å². The van der Waals surface area contributed by atoms with E-state index in [1.807, 2.05) is 0 Å². The van der Waals surface area contributed by atoms with Gasteiger partial charge in [0.05, 0.1) is 7.11 Å². The number of esters is 1. The molecule has 90 valence electrons. The summed E-state index contributed by atoms with van der Waals surface area (Å²) in [7, 11) is 1.11. The first kappa shape index (κ1) is 11.8. The van der Waals surface area contributed by atoms with Crippen molar-refractivity contribution >= 4 is 29.7 Å². The molecule has 0 fully saturated rings. The number of aromatic nitrogens is 1. The molecule has 0 spiro atoms. The topological polar surface area (TPSA) is 31.2 Å². The Balaban J connectivity index is 2.87. The number of halogens is 3. The van der Waals surface area contributed by atoms with E-state index in [-0.39, 0.29) is 11.1 Å². The normalized spacial score (nSPS) is 10.9. The molecule has 0 aliphatic carbocycles. The molecule has 3 nitrogen and oxygen atoms in total. The Kier molecular flexibility index (Phi) is 2.78. The Morgan fingerprint density at radius 3 is 2.53 bits per heavy atom. The summed E-state index contributed by atoms with van der Waals surface area (Å²) in [6.45, 7) is 0. The number of hydrogen-bond donors (Lipinski definition) is 1. The molecule has 7 heteroatoms. The first-order chi connectivity index (χ1) is 7.97. The Labute approximate surface area is 99.3 Å². The summed E-state index contributed by atoms with van der Waals surface area (Å²) in [5, 5.41) is -0.237.